The first-order valence-corrected chi connectivity index (χ1v) is 6.10. The van der Waals surface area contributed by atoms with Crippen LogP contribution in [0.15, 0.2) is 24.5 Å². The van der Waals surface area contributed by atoms with Gasteiger partial charge in [-0.2, -0.15) is 0 Å². The SMILES string of the molecule is CCn1cnnc1CNCc1ccc(F)c(Cl)c1. The molecule has 18 heavy (non-hydrogen) atoms. The molecule has 0 atom stereocenters. The van der Waals surface area contributed by atoms with E-state index in [4.69, 9.17) is 11.6 Å². The van der Waals surface area contributed by atoms with Crippen molar-refractivity contribution in [2.75, 3.05) is 0 Å². The minimum absolute atomic E-state index is 0.144. The molecule has 2 rings (SSSR count). The molecule has 1 aromatic carbocycles. The minimum atomic E-state index is -0.397. The molecule has 0 aliphatic rings. The molecule has 0 aliphatic heterocycles. The molecule has 0 spiro atoms. The van der Waals surface area contributed by atoms with Crippen LogP contribution >= 0.6 is 11.6 Å². The van der Waals surface area contributed by atoms with E-state index >= 15 is 0 Å². The maximum atomic E-state index is 13.0. The summed E-state index contributed by atoms with van der Waals surface area (Å²) in [5.41, 5.74) is 0.934. The highest BCUT2D eigenvalue weighted by molar-refractivity contribution is 6.30. The maximum Gasteiger partial charge on any atom is 0.146 e. The van der Waals surface area contributed by atoms with E-state index in [0.717, 1.165) is 17.9 Å². The third-order valence-electron chi connectivity index (χ3n) is 2.63. The molecule has 1 aromatic heterocycles. The fourth-order valence-electron chi connectivity index (χ4n) is 1.65. The van der Waals surface area contributed by atoms with Crippen molar-refractivity contribution in [1.82, 2.24) is 20.1 Å². The molecule has 4 nitrogen and oxygen atoms in total. The van der Waals surface area contributed by atoms with E-state index in [-0.39, 0.29) is 5.02 Å². The van der Waals surface area contributed by atoms with Crippen LogP contribution in [-0.4, -0.2) is 14.8 Å². The molecule has 0 radical (unpaired) electrons. The Morgan fingerprint density at radius 1 is 1.39 bits per heavy atom. The van der Waals surface area contributed by atoms with Crippen molar-refractivity contribution in [2.24, 2.45) is 0 Å². The van der Waals surface area contributed by atoms with Gasteiger partial charge in [-0.05, 0) is 24.6 Å². The molecule has 2 aromatic rings. The van der Waals surface area contributed by atoms with Crippen molar-refractivity contribution in [3.05, 3.63) is 46.8 Å². The zero-order valence-corrected chi connectivity index (χ0v) is 10.8. The Morgan fingerprint density at radius 3 is 2.94 bits per heavy atom. The number of hydrogen-bond acceptors (Lipinski definition) is 3. The molecular formula is C12H14ClFN4. The van der Waals surface area contributed by atoms with Crippen molar-refractivity contribution in [3.8, 4) is 0 Å². The first-order valence-electron chi connectivity index (χ1n) is 5.72. The summed E-state index contributed by atoms with van der Waals surface area (Å²) in [7, 11) is 0. The second-order valence-corrected chi connectivity index (χ2v) is 4.29. The average Bonchev–Trinajstić information content (AvgIpc) is 2.81. The number of aryl methyl sites for hydroxylation is 1. The lowest BCUT2D eigenvalue weighted by molar-refractivity contribution is 0.608. The van der Waals surface area contributed by atoms with Gasteiger partial charge >= 0.3 is 0 Å². The molecule has 0 bridgehead atoms. The number of nitrogens with one attached hydrogen (secondary N) is 1. The summed E-state index contributed by atoms with van der Waals surface area (Å²) >= 11 is 5.71. The van der Waals surface area contributed by atoms with Gasteiger partial charge < -0.3 is 9.88 Å². The monoisotopic (exact) mass is 268 g/mol. The summed E-state index contributed by atoms with van der Waals surface area (Å²) in [6.07, 6.45) is 1.70. The van der Waals surface area contributed by atoms with Gasteiger partial charge in [0, 0.05) is 13.1 Å². The first kappa shape index (κ1) is 13.0. The van der Waals surface area contributed by atoms with E-state index in [1.165, 1.54) is 6.07 Å². The summed E-state index contributed by atoms with van der Waals surface area (Å²) in [5, 5.41) is 11.2. The lowest BCUT2D eigenvalue weighted by atomic mass is 10.2. The van der Waals surface area contributed by atoms with Gasteiger partial charge in [-0.15, -0.1) is 10.2 Å². The van der Waals surface area contributed by atoms with Crippen molar-refractivity contribution in [1.29, 1.82) is 0 Å². The van der Waals surface area contributed by atoms with E-state index in [1.54, 1.807) is 18.5 Å². The third kappa shape index (κ3) is 3.05. The molecule has 0 saturated heterocycles. The molecule has 0 saturated carbocycles. The number of aromatic nitrogens is 3. The molecule has 1 N–H and O–H groups in total. The van der Waals surface area contributed by atoms with Crippen LogP contribution < -0.4 is 5.32 Å². The molecule has 0 unspecified atom stereocenters. The van der Waals surface area contributed by atoms with Gasteiger partial charge in [0.25, 0.3) is 0 Å². The van der Waals surface area contributed by atoms with Gasteiger partial charge in [-0.25, -0.2) is 4.39 Å². The van der Waals surface area contributed by atoms with Crippen LogP contribution in [-0.2, 0) is 19.6 Å². The van der Waals surface area contributed by atoms with Crippen LogP contribution in [0.25, 0.3) is 0 Å². The third-order valence-corrected chi connectivity index (χ3v) is 2.92. The van der Waals surface area contributed by atoms with Gasteiger partial charge in [-0.3, -0.25) is 0 Å². The molecule has 6 heteroatoms. The van der Waals surface area contributed by atoms with Gasteiger partial charge in [0.1, 0.15) is 18.0 Å². The predicted molar refractivity (Wildman–Crippen MR) is 67.6 cm³/mol. The van der Waals surface area contributed by atoms with Gasteiger partial charge in [0.2, 0.25) is 0 Å². The van der Waals surface area contributed by atoms with Crippen molar-refractivity contribution in [2.45, 2.75) is 26.6 Å². The van der Waals surface area contributed by atoms with Crippen LogP contribution in [0, 0.1) is 5.82 Å². The van der Waals surface area contributed by atoms with Gasteiger partial charge in [0.15, 0.2) is 0 Å². The highest BCUT2D eigenvalue weighted by Crippen LogP contribution is 2.15. The summed E-state index contributed by atoms with van der Waals surface area (Å²) in [5.74, 6) is 0.483. The number of nitrogens with zero attached hydrogens (tertiary/aromatic N) is 3. The van der Waals surface area contributed by atoms with Crippen molar-refractivity contribution in [3.63, 3.8) is 0 Å². The van der Waals surface area contributed by atoms with Crippen LogP contribution in [0.2, 0.25) is 5.02 Å². The minimum Gasteiger partial charge on any atom is -0.317 e. The topological polar surface area (TPSA) is 42.7 Å². The lowest BCUT2D eigenvalue weighted by Gasteiger charge is -2.06. The Hall–Kier alpha value is -1.46. The van der Waals surface area contributed by atoms with E-state index in [9.17, 15) is 4.39 Å². The Bertz CT molecular complexity index is 527. The highest BCUT2D eigenvalue weighted by atomic mass is 35.5. The molecule has 0 aliphatic carbocycles. The highest BCUT2D eigenvalue weighted by Gasteiger charge is 2.03. The number of benzene rings is 1. The summed E-state index contributed by atoms with van der Waals surface area (Å²) in [6, 6.07) is 4.70. The van der Waals surface area contributed by atoms with E-state index in [2.05, 4.69) is 15.5 Å². The van der Waals surface area contributed by atoms with Crippen LogP contribution in [0.5, 0.6) is 0 Å². The Balaban J connectivity index is 1.90. The zero-order valence-electron chi connectivity index (χ0n) is 10.0. The predicted octanol–water partition coefficient (Wildman–Crippen LogP) is 2.38. The van der Waals surface area contributed by atoms with Crippen molar-refractivity contribution < 1.29 is 4.39 Å². The van der Waals surface area contributed by atoms with Gasteiger partial charge in [-0.1, -0.05) is 17.7 Å². The van der Waals surface area contributed by atoms with Crippen LogP contribution in [0.4, 0.5) is 4.39 Å². The number of hydrogen-bond donors (Lipinski definition) is 1. The molecule has 1 heterocycles. The lowest BCUT2D eigenvalue weighted by Crippen LogP contribution is -2.16. The largest absolute Gasteiger partial charge is 0.317 e. The number of rotatable bonds is 5. The quantitative estimate of drug-likeness (QED) is 0.905. The summed E-state index contributed by atoms with van der Waals surface area (Å²) in [6.45, 7) is 4.10. The molecule has 96 valence electrons. The first-order chi connectivity index (χ1) is 8.70. The standard InChI is InChI=1S/C12H14ClFN4/c1-2-18-8-16-17-12(18)7-15-6-9-3-4-11(14)10(13)5-9/h3-5,8,15H,2,6-7H2,1H3. The second-order valence-electron chi connectivity index (χ2n) is 3.89. The average molecular weight is 269 g/mol. The summed E-state index contributed by atoms with van der Waals surface area (Å²) in [4.78, 5) is 0. The Morgan fingerprint density at radius 2 is 2.22 bits per heavy atom. The van der Waals surface area contributed by atoms with Gasteiger partial charge in [0.05, 0.1) is 11.6 Å². The Labute approximate surface area is 110 Å². The fourth-order valence-corrected chi connectivity index (χ4v) is 1.85. The fraction of sp³-hybridized carbons (Fsp3) is 0.333. The van der Waals surface area contributed by atoms with Crippen LogP contribution in [0.1, 0.15) is 18.3 Å². The van der Waals surface area contributed by atoms with Crippen LogP contribution in [0.3, 0.4) is 0 Å². The van der Waals surface area contributed by atoms with Crippen molar-refractivity contribution >= 4 is 11.6 Å². The second kappa shape index (κ2) is 5.93. The normalized spacial score (nSPS) is 10.8. The van der Waals surface area contributed by atoms with E-state index < -0.39 is 5.82 Å². The molecule has 0 amide bonds. The maximum absolute atomic E-state index is 13.0. The smallest absolute Gasteiger partial charge is 0.146 e. The molecular weight excluding hydrogens is 255 g/mol. The zero-order chi connectivity index (χ0) is 13.0. The van der Waals surface area contributed by atoms with E-state index in [1.807, 2.05) is 11.5 Å². The van der Waals surface area contributed by atoms with E-state index in [0.29, 0.717) is 13.1 Å². The Kier molecular flexibility index (Phi) is 4.28. The number of halogens is 2. The summed E-state index contributed by atoms with van der Waals surface area (Å²) < 4.78 is 14.9. The molecule has 0 fully saturated rings.